The molecule has 0 spiro atoms. The smallest absolute Gasteiger partial charge is 0.264 e. The summed E-state index contributed by atoms with van der Waals surface area (Å²) < 4.78 is 38.7. The summed E-state index contributed by atoms with van der Waals surface area (Å²) in [5.74, 6) is 1.99. The lowest BCUT2D eigenvalue weighted by Crippen LogP contribution is -2.16. The first-order chi connectivity index (χ1) is 11.9. The summed E-state index contributed by atoms with van der Waals surface area (Å²) in [6.45, 7) is 4.03. The molecule has 0 unspecified atom stereocenters. The Morgan fingerprint density at radius 2 is 1.76 bits per heavy atom. The largest absolute Gasteiger partial charge is 0.487 e. The highest BCUT2D eigenvalue weighted by Gasteiger charge is 2.12. The molecule has 1 atom stereocenters. The van der Waals surface area contributed by atoms with Gasteiger partial charge in [0.2, 0.25) is 0 Å². The van der Waals surface area contributed by atoms with Crippen LogP contribution in [0.5, 0.6) is 17.2 Å². The van der Waals surface area contributed by atoms with E-state index in [0.717, 1.165) is 24.0 Å². The van der Waals surface area contributed by atoms with Crippen LogP contribution in [-0.2, 0) is 20.7 Å². The van der Waals surface area contributed by atoms with Gasteiger partial charge in [-0.1, -0.05) is 31.2 Å². The quantitative estimate of drug-likeness (QED) is 0.625. The SMILES string of the molecule is CCc1ccc(O[C@@H](C)CCOS(C)(=O)=O)c(Oc2ccccc2)c1. The van der Waals surface area contributed by atoms with Gasteiger partial charge in [-0.15, -0.1) is 0 Å². The van der Waals surface area contributed by atoms with Crippen LogP contribution in [0, 0.1) is 0 Å². The number of para-hydroxylation sites is 1. The average molecular weight is 364 g/mol. The number of benzene rings is 2. The molecule has 0 bridgehead atoms. The summed E-state index contributed by atoms with van der Waals surface area (Å²) >= 11 is 0. The van der Waals surface area contributed by atoms with Gasteiger partial charge in [-0.25, -0.2) is 0 Å². The Morgan fingerprint density at radius 3 is 2.40 bits per heavy atom. The van der Waals surface area contributed by atoms with E-state index in [-0.39, 0.29) is 12.7 Å². The van der Waals surface area contributed by atoms with Crippen LogP contribution in [0.3, 0.4) is 0 Å². The summed E-state index contributed by atoms with van der Waals surface area (Å²) in [4.78, 5) is 0. The van der Waals surface area contributed by atoms with Crippen LogP contribution in [-0.4, -0.2) is 27.4 Å². The maximum atomic E-state index is 11.0. The van der Waals surface area contributed by atoms with E-state index in [1.54, 1.807) is 0 Å². The number of rotatable bonds is 9. The zero-order chi connectivity index (χ0) is 18.3. The van der Waals surface area contributed by atoms with Crippen molar-refractivity contribution < 1.29 is 22.1 Å². The number of ether oxygens (including phenoxy) is 2. The minimum Gasteiger partial charge on any atom is -0.487 e. The van der Waals surface area contributed by atoms with Gasteiger partial charge in [0.15, 0.2) is 11.5 Å². The van der Waals surface area contributed by atoms with E-state index < -0.39 is 10.1 Å². The lowest BCUT2D eigenvalue weighted by molar-refractivity contribution is 0.175. The van der Waals surface area contributed by atoms with Gasteiger partial charge >= 0.3 is 0 Å². The fourth-order valence-corrected chi connectivity index (χ4v) is 2.61. The minimum absolute atomic E-state index is 0.0852. The molecule has 0 aromatic heterocycles. The Labute approximate surface area is 149 Å². The Balaban J connectivity index is 2.08. The summed E-state index contributed by atoms with van der Waals surface area (Å²) in [5, 5.41) is 0. The molecular formula is C19H24O5S. The van der Waals surface area contributed by atoms with Crippen molar-refractivity contribution in [3.05, 3.63) is 54.1 Å². The third-order valence-corrected chi connectivity index (χ3v) is 4.13. The molecule has 0 fully saturated rings. The summed E-state index contributed by atoms with van der Waals surface area (Å²) in [7, 11) is -3.43. The fraction of sp³-hybridized carbons (Fsp3) is 0.368. The second-order valence-corrected chi connectivity index (χ2v) is 7.44. The topological polar surface area (TPSA) is 61.8 Å². The fourth-order valence-electron chi connectivity index (χ4n) is 2.21. The Hall–Kier alpha value is -2.05. The minimum atomic E-state index is -3.43. The molecule has 0 amide bonds. The summed E-state index contributed by atoms with van der Waals surface area (Å²) in [5.41, 5.74) is 1.14. The van der Waals surface area contributed by atoms with Crippen molar-refractivity contribution in [1.82, 2.24) is 0 Å². The normalized spacial score (nSPS) is 12.6. The molecule has 0 N–H and O–H groups in total. The van der Waals surface area contributed by atoms with Crippen LogP contribution in [0.1, 0.15) is 25.8 Å². The molecule has 136 valence electrons. The van der Waals surface area contributed by atoms with Crippen molar-refractivity contribution in [1.29, 1.82) is 0 Å². The molecule has 2 aromatic carbocycles. The first-order valence-electron chi connectivity index (χ1n) is 8.24. The zero-order valence-corrected chi connectivity index (χ0v) is 15.6. The van der Waals surface area contributed by atoms with Crippen molar-refractivity contribution in [3.63, 3.8) is 0 Å². The summed E-state index contributed by atoms with van der Waals surface area (Å²) in [6.07, 6.45) is 2.16. The maximum Gasteiger partial charge on any atom is 0.264 e. The van der Waals surface area contributed by atoms with Crippen molar-refractivity contribution in [3.8, 4) is 17.2 Å². The van der Waals surface area contributed by atoms with Gasteiger partial charge in [0.05, 0.1) is 19.0 Å². The van der Waals surface area contributed by atoms with Gasteiger partial charge in [-0.05, 0) is 43.2 Å². The number of hydrogen-bond acceptors (Lipinski definition) is 5. The van der Waals surface area contributed by atoms with E-state index in [9.17, 15) is 8.42 Å². The number of hydrogen-bond donors (Lipinski definition) is 0. The van der Waals surface area contributed by atoms with Crippen LogP contribution in [0.2, 0.25) is 0 Å². The molecule has 25 heavy (non-hydrogen) atoms. The third-order valence-electron chi connectivity index (χ3n) is 3.54. The Kier molecular flexibility index (Phi) is 6.84. The third kappa shape index (κ3) is 6.76. The van der Waals surface area contributed by atoms with Gasteiger partial charge in [0.1, 0.15) is 5.75 Å². The van der Waals surface area contributed by atoms with Gasteiger partial charge in [0.25, 0.3) is 10.1 Å². The molecular weight excluding hydrogens is 340 g/mol. The molecule has 0 heterocycles. The molecule has 6 heteroatoms. The first-order valence-corrected chi connectivity index (χ1v) is 10.1. The van der Waals surface area contributed by atoms with Gasteiger partial charge in [-0.2, -0.15) is 8.42 Å². The first kappa shape index (κ1) is 19.3. The lowest BCUT2D eigenvalue weighted by atomic mass is 10.1. The summed E-state index contributed by atoms with van der Waals surface area (Å²) in [6, 6.07) is 15.3. The molecule has 0 saturated heterocycles. The van der Waals surface area contributed by atoms with Crippen molar-refractivity contribution in [2.75, 3.05) is 12.9 Å². The van der Waals surface area contributed by atoms with Gasteiger partial charge in [0, 0.05) is 6.42 Å². The predicted octanol–water partition coefficient (Wildman–Crippen LogP) is 4.17. The molecule has 0 aliphatic heterocycles. The van der Waals surface area contributed by atoms with E-state index >= 15 is 0 Å². The van der Waals surface area contributed by atoms with Gasteiger partial charge in [-0.3, -0.25) is 4.18 Å². The highest BCUT2D eigenvalue weighted by molar-refractivity contribution is 7.85. The Morgan fingerprint density at radius 1 is 1.04 bits per heavy atom. The maximum absolute atomic E-state index is 11.0. The van der Waals surface area contributed by atoms with Crippen molar-refractivity contribution in [2.24, 2.45) is 0 Å². The Bertz CT molecular complexity index is 772. The molecule has 0 aliphatic rings. The second kappa shape index (κ2) is 8.87. The van der Waals surface area contributed by atoms with Crippen LogP contribution in [0.15, 0.2) is 48.5 Å². The molecule has 5 nitrogen and oxygen atoms in total. The van der Waals surface area contributed by atoms with Crippen LogP contribution >= 0.6 is 0 Å². The van der Waals surface area contributed by atoms with Crippen LogP contribution < -0.4 is 9.47 Å². The van der Waals surface area contributed by atoms with E-state index in [2.05, 4.69) is 6.92 Å². The van der Waals surface area contributed by atoms with E-state index in [1.165, 1.54) is 0 Å². The zero-order valence-electron chi connectivity index (χ0n) is 14.8. The lowest BCUT2D eigenvalue weighted by Gasteiger charge is -2.18. The average Bonchev–Trinajstić information content (AvgIpc) is 2.56. The highest BCUT2D eigenvalue weighted by Crippen LogP contribution is 2.33. The molecule has 2 rings (SSSR count). The monoisotopic (exact) mass is 364 g/mol. The van der Waals surface area contributed by atoms with Crippen molar-refractivity contribution >= 4 is 10.1 Å². The second-order valence-electron chi connectivity index (χ2n) is 5.79. The molecule has 0 aliphatic carbocycles. The van der Waals surface area contributed by atoms with Crippen LogP contribution in [0.4, 0.5) is 0 Å². The molecule has 0 radical (unpaired) electrons. The molecule has 0 saturated carbocycles. The van der Waals surface area contributed by atoms with Crippen molar-refractivity contribution in [2.45, 2.75) is 32.8 Å². The standard InChI is InChI=1S/C19H24O5S/c1-4-16-10-11-18(23-15(2)12-13-22-25(3,20)21)19(14-16)24-17-8-6-5-7-9-17/h5-11,14-15H,4,12-13H2,1-3H3/t15-/m0/s1. The predicted molar refractivity (Wildman–Crippen MR) is 97.8 cm³/mol. The van der Waals surface area contributed by atoms with Gasteiger partial charge < -0.3 is 9.47 Å². The van der Waals surface area contributed by atoms with Crippen LogP contribution in [0.25, 0.3) is 0 Å². The molecule has 2 aromatic rings. The van der Waals surface area contributed by atoms with E-state index in [1.807, 2.05) is 55.5 Å². The number of aryl methyl sites for hydroxylation is 1. The highest BCUT2D eigenvalue weighted by atomic mass is 32.2. The van der Waals surface area contributed by atoms with E-state index in [4.69, 9.17) is 13.7 Å². The van der Waals surface area contributed by atoms with E-state index in [0.29, 0.717) is 17.9 Å².